The number of rotatable bonds is 7. The van der Waals surface area contributed by atoms with Crippen molar-refractivity contribution in [3.63, 3.8) is 0 Å². The van der Waals surface area contributed by atoms with Crippen LogP contribution >= 0.6 is 0 Å². The summed E-state index contributed by atoms with van der Waals surface area (Å²) in [5, 5.41) is 0. The standard InChI is InChI=1S/C13H19O.Li/c1-2-3-4-8-11-14-12-13-9-6-5-7-10-13;/h5-7,9-10H,1-4,8,11-12H2;/q-1;+1. The number of ether oxygens (including phenoxy) is 1. The van der Waals surface area contributed by atoms with Gasteiger partial charge >= 0.3 is 18.9 Å². The minimum Gasteiger partial charge on any atom is -0.377 e. The van der Waals surface area contributed by atoms with Crippen LogP contribution in [0.3, 0.4) is 0 Å². The van der Waals surface area contributed by atoms with E-state index in [1.165, 1.54) is 18.4 Å². The van der Waals surface area contributed by atoms with Crippen LogP contribution in [0.1, 0.15) is 31.2 Å². The Hall–Kier alpha value is -0.223. The van der Waals surface area contributed by atoms with E-state index in [2.05, 4.69) is 19.1 Å². The molecule has 2 heteroatoms. The minimum absolute atomic E-state index is 0. The van der Waals surface area contributed by atoms with Gasteiger partial charge < -0.3 is 11.7 Å². The van der Waals surface area contributed by atoms with Crippen molar-refractivity contribution in [1.29, 1.82) is 0 Å². The first-order valence-electron chi connectivity index (χ1n) is 5.34. The largest absolute Gasteiger partial charge is 1.00 e. The molecule has 0 fully saturated rings. The van der Waals surface area contributed by atoms with E-state index in [-0.39, 0.29) is 18.9 Å². The van der Waals surface area contributed by atoms with Crippen molar-refractivity contribution in [2.24, 2.45) is 0 Å². The number of hydrogen-bond donors (Lipinski definition) is 0. The fourth-order valence-corrected chi connectivity index (χ4v) is 1.32. The molecule has 0 unspecified atom stereocenters. The topological polar surface area (TPSA) is 9.23 Å². The zero-order valence-electron chi connectivity index (χ0n) is 9.74. The summed E-state index contributed by atoms with van der Waals surface area (Å²) < 4.78 is 5.55. The van der Waals surface area contributed by atoms with E-state index in [1.54, 1.807) is 0 Å². The first-order chi connectivity index (χ1) is 6.93. The van der Waals surface area contributed by atoms with E-state index < -0.39 is 0 Å². The normalized spacial score (nSPS) is 9.67. The SMILES string of the molecule is [CH2-]CCCCCOCc1ccccc1.[Li+]. The van der Waals surface area contributed by atoms with Crippen molar-refractivity contribution in [3.8, 4) is 0 Å². The van der Waals surface area contributed by atoms with Crippen molar-refractivity contribution in [2.45, 2.75) is 32.3 Å². The van der Waals surface area contributed by atoms with Gasteiger partial charge in [-0.2, -0.15) is 6.42 Å². The van der Waals surface area contributed by atoms with Crippen LogP contribution in [0.25, 0.3) is 0 Å². The molecule has 0 atom stereocenters. The molecule has 0 N–H and O–H groups in total. The zero-order valence-corrected chi connectivity index (χ0v) is 9.74. The van der Waals surface area contributed by atoms with E-state index in [1.807, 2.05) is 18.2 Å². The summed E-state index contributed by atoms with van der Waals surface area (Å²) >= 11 is 0. The molecule has 0 radical (unpaired) electrons. The van der Waals surface area contributed by atoms with Crippen LogP contribution in [0, 0.1) is 6.92 Å². The fraction of sp³-hybridized carbons (Fsp3) is 0.462. The monoisotopic (exact) mass is 198 g/mol. The van der Waals surface area contributed by atoms with E-state index >= 15 is 0 Å². The van der Waals surface area contributed by atoms with Crippen molar-refractivity contribution in [1.82, 2.24) is 0 Å². The van der Waals surface area contributed by atoms with Crippen LogP contribution in [0.4, 0.5) is 0 Å². The van der Waals surface area contributed by atoms with Crippen LogP contribution in [0.2, 0.25) is 0 Å². The summed E-state index contributed by atoms with van der Waals surface area (Å²) in [5.41, 5.74) is 1.25. The number of unbranched alkanes of at least 4 members (excludes halogenated alkanes) is 3. The molecule has 0 bridgehead atoms. The second kappa shape index (κ2) is 10.3. The van der Waals surface area contributed by atoms with Crippen molar-refractivity contribution in [3.05, 3.63) is 42.8 Å². The fourth-order valence-electron chi connectivity index (χ4n) is 1.32. The van der Waals surface area contributed by atoms with E-state index in [0.29, 0.717) is 0 Å². The van der Waals surface area contributed by atoms with E-state index in [9.17, 15) is 0 Å². The molecule has 1 aromatic rings. The van der Waals surface area contributed by atoms with Crippen molar-refractivity contribution in [2.75, 3.05) is 6.61 Å². The molecule has 1 aromatic carbocycles. The van der Waals surface area contributed by atoms with Crippen molar-refractivity contribution >= 4 is 0 Å². The molecule has 0 saturated carbocycles. The summed E-state index contributed by atoms with van der Waals surface area (Å²) in [4.78, 5) is 0. The molecule has 0 amide bonds. The van der Waals surface area contributed by atoms with Gasteiger partial charge in [-0.15, -0.1) is 0 Å². The summed E-state index contributed by atoms with van der Waals surface area (Å²) in [6.45, 7) is 5.42. The Morgan fingerprint density at radius 3 is 2.40 bits per heavy atom. The van der Waals surface area contributed by atoms with Crippen LogP contribution in [-0.2, 0) is 11.3 Å². The van der Waals surface area contributed by atoms with Gasteiger partial charge in [-0.3, -0.25) is 0 Å². The molecule has 1 nitrogen and oxygen atoms in total. The smallest absolute Gasteiger partial charge is 0.377 e. The Bertz CT molecular complexity index is 223. The molecule has 1 rings (SSSR count). The van der Waals surface area contributed by atoms with Gasteiger partial charge in [-0.1, -0.05) is 43.2 Å². The minimum atomic E-state index is 0. The second-order valence-corrected chi connectivity index (χ2v) is 3.45. The van der Waals surface area contributed by atoms with Gasteiger partial charge in [0.05, 0.1) is 6.61 Å². The number of hydrogen-bond acceptors (Lipinski definition) is 1. The van der Waals surface area contributed by atoms with Gasteiger partial charge in [0.25, 0.3) is 0 Å². The molecule has 0 saturated heterocycles. The van der Waals surface area contributed by atoms with Crippen LogP contribution in [-0.4, -0.2) is 6.61 Å². The zero-order chi connectivity index (χ0) is 10.1. The van der Waals surface area contributed by atoms with Gasteiger partial charge in [-0.05, 0) is 12.0 Å². The molecule has 15 heavy (non-hydrogen) atoms. The maximum Gasteiger partial charge on any atom is 1.00 e. The second-order valence-electron chi connectivity index (χ2n) is 3.45. The Morgan fingerprint density at radius 2 is 1.73 bits per heavy atom. The van der Waals surface area contributed by atoms with Crippen LogP contribution < -0.4 is 18.9 Å². The average molecular weight is 198 g/mol. The molecule has 0 aliphatic heterocycles. The third-order valence-corrected chi connectivity index (χ3v) is 2.15. The van der Waals surface area contributed by atoms with Crippen LogP contribution in [0.5, 0.6) is 0 Å². The molecule has 0 spiro atoms. The molecule has 0 aromatic heterocycles. The average Bonchev–Trinajstić information content (AvgIpc) is 2.25. The quantitative estimate of drug-likeness (QED) is 0.354. The molecule has 0 aliphatic carbocycles. The molecule has 0 aliphatic rings. The predicted octanol–water partition coefficient (Wildman–Crippen LogP) is 0.602. The van der Waals surface area contributed by atoms with Gasteiger partial charge in [0, 0.05) is 6.61 Å². The van der Waals surface area contributed by atoms with Crippen molar-refractivity contribution < 1.29 is 23.6 Å². The molecular weight excluding hydrogens is 179 g/mol. The number of benzene rings is 1. The third kappa shape index (κ3) is 7.68. The summed E-state index contributed by atoms with van der Waals surface area (Å²) in [7, 11) is 0. The maximum absolute atomic E-state index is 5.55. The molecule has 78 valence electrons. The molecular formula is C13H19LiO. The Morgan fingerprint density at radius 1 is 1.00 bits per heavy atom. The van der Waals surface area contributed by atoms with Gasteiger partial charge in [0.2, 0.25) is 0 Å². The Balaban J connectivity index is 0.00000196. The van der Waals surface area contributed by atoms with Gasteiger partial charge in [0.1, 0.15) is 0 Å². The summed E-state index contributed by atoms with van der Waals surface area (Å²) in [6.07, 6.45) is 4.65. The summed E-state index contributed by atoms with van der Waals surface area (Å²) in [5.74, 6) is 0. The maximum atomic E-state index is 5.55. The predicted molar refractivity (Wildman–Crippen MR) is 59.9 cm³/mol. The summed E-state index contributed by atoms with van der Waals surface area (Å²) in [6, 6.07) is 10.3. The molecule has 0 heterocycles. The van der Waals surface area contributed by atoms with E-state index in [0.717, 1.165) is 26.1 Å². The third-order valence-electron chi connectivity index (χ3n) is 2.15. The van der Waals surface area contributed by atoms with Gasteiger partial charge in [0.15, 0.2) is 0 Å². The van der Waals surface area contributed by atoms with Crippen LogP contribution in [0.15, 0.2) is 30.3 Å². The van der Waals surface area contributed by atoms with Gasteiger partial charge in [-0.25, -0.2) is 0 Å². The van der Waals surface area contributed by atoms with E-state index in [4.69, 9.17) is 4.74 Å². The first kappa shape index (κ1) is 14.8. The Kier molecular flexibility index (Phi) is 10.1. The Labute approximate surface area is 105 Å². The first-order valence-corrected chi connectivity index (χ1v) is 5.34.